The summed E-state index contributed by atoms with van der Waals surface area (Å²) in [6.45, 7) is 3.65. The molecule has 1 aromatic carbocycles. The van der Waals surface area contributed by atoms with Crippen LogP contribution in [-0.2, 0) is 0 Å². The third-order valence-electron chi connectivity index (χ3n) is 2.37. The van der Waals surface area contributed by atoms with Crippen molar-refractivity contribution in [1.82, 2.24) is 9.78 Å². The molecule has 0 saturated carbocycles. The number of benzene rings is 1. The van der Waals surface area contributed by atoms with Crippen LogP contribution in [0.4, 0.5) is 11.4 Å². The molecule has 6 heteroatoms. The van der Waals surface area contributed by atoms with Crippen LogP contribution in [0.15, 0.2) is 43.2 Å². The Morgan fingerprint density at radius 1 is 1.56 bits per heavy atom. The van der Waals surface area contributed by atoms with E-state index in [1.165, 1.54) is 17.1 Å². The van der Waals surface area contributed by atoms with Crippen molar-refractivity contribution in [3.05, 3.63) is 48.8 Å². The third kappa shape index (κ3) is 2.23. The Kier molecular flexibility index (Phi) is 3.11. The molecule has 1 aromatic heterocycles. The fourth-order valence-corrected chi connectivity index (χ4v) is 1.46. The number of nitrogens with two attached hydrogens (primary N) is 1. The lowest BCUT2D eigenvalue weighted by Gasteiger charge is -2.17. The van der Waals surface area contributed by atoms with E-state index in [0.717, 1.165) is 10.6 Å². The molecule has 0 aliphatic heterocycles. The van der Waals surface area contributed by atoms with Crippen LogP contribution < -0.4 is 10.8 Å². The van der Waals surface area contributed by atoms with E-state index < -0.39 is 0 Å². The summed E-state index contributed by atoms with van der Waals surface area (Å²) in [6, 6.07) is 6.99. The average molecular weight is 243 g/mol. The number of nitrogens with one attached hydrogen (secondary N) is 1. The summed E-state index contributed by atoms with van der Waals surface area (Å²) in [5, 5.41) is 22.3. The zero-order valence-corrected chi connectivity index (χ0v) is 9.61. The summed E-state index contributed by atoms with van der Waals surface area (Å²) in [4.78, 5) is 0. The maximum absolute atomic E-state index is 9.94. The van der Waals surface area contributed by atoms with Gasteiger partial charge in [-0.05, 0) is 17.7 Å². The van der Waals surface area contributed by atoms with Crippen LogP contribution in [-0.4, -0.2) is 20.9 Å². The zero-order valence-electron chi connectivity index (χ0n) is 9.61. The summed E-state index contributed by atoms with van der Waals surface area (Å²) in [6.07, 6.45) is 4.51. The Hall–Kier alpha value is -2.60. The van der Waals surface area contributed by atoms with E-state index in [1.807, 2.05) is 6.07 Å². The normalized spacial score (nSPS) is 10.1. The maximum atomic E-state index is 9.94. The maximum Gasteiger partial charge on any atom is 0.248 e. The fourth-order valence-electron chi connectivity index (χ4n) is 1.46. The summed E-state index contributed by atoms with van der Waals surface area (Å²) in [5.74, 6) is -0.215. The molecule has 92 valence electrons. The summed E-state index contributed by atoms with van der Waals surface area (Å²) < 4.78 is 1.18. The number of hydrogen-bond donors (Lipinski definition) is 3. The van der Waals surface area contributed by atoms with Crippen molar-refractivity contribution in [3.8, 4) is 0 Å². The van der Waals surface area contributed by atoms with Crippen molar-refractivity contribution in [2.24, 2.45) is 0 Å². The van der Waals surface area contributed by atoms with Gasteiger partial charge in [0.05, 0.1) is 23.8 Å². The highest BCUT2D eigenvalue weighted by Gasteiger charge is 2.12. The molecule has 0 aliphatic rings. The van der Waals surface area contributed by atoms with Gasteiger partial charge in [0, 0.05) is 0 Å². The molecule has 0 atom stereocenters. The Labute approximate surface area is 104 Å². The molecule has 0 unspecified atom stereocenters. The van der Waals surface area contributed by atoms with Crippen LogP contribution in [0.2, 0.25) is 0 Å². The molecule has 0 radical (unpaired) electrons. The second kappa shape index (κ2) is 4.72. The van der Waals surface area contributed by atoms with Crippen LogP contribution in [0.3, 0.4) is 0 Å². The molecular weight excluding hydrogens is 230 g/mol. The van der Waals surface area contributed by atoms with Gasteiger partial charge in [-0.15, -0.1) is 0 Å². The van der Waals surface area contributed by atoms with Gasteiger partial charge in [0.1, 0.15) is 0 Å². The first-order valence-electron chi connectivity index (χ1n) is 5.22. The van der Waals surface area contributed by atoms with Crippen LogP contribution in [0.25, 0.3) is 6.08 Å². The second-order valence-electron chi connectivity index (χ2n) is 3.65. The van der Waals surface area contributed by atoms with Gasteiger partial charge in [-0.25, -0.2) is 4.68 Å². The number of rotatable bonds is 2. The van der Waals surface area contributed by atoms with Crippen LogP contribution in [0, 0.1) is 5.41 Å². The highest BCUT2D eigenvalue weighted by atomic mass is 16.5. The van der Waals surface area contributed by atoms with Gasteiger partial charge in [0.15, 0.2) is 0 Å². The molecule has 1 heterocycles. The van der Waals surface area contributed by atoms with Crippen LogP contribution in [0.1, 0.15) is 5.56 Å². The quantitative estimate of drug-likeness (QED) is 0.426. The van der Waals surface area contributed by atoms with E-state index in [2.05, 4.69) is 11.7 Å². The molecule has 0 saturated heterocycles. The van der Waals surface area contributed by atoms with E-state index in [0.29, 0.717) is 11.4 Å². The molecule has 2 aromatic rings. The predicted molar refractivity (Wildman–Crippen MR) is 70.6 cm³/mol. The number of hydrogen-bond acceptors (Lipinski definition) is 4. The van der Waals surface area contributed by atoms with Gasteiger partial charge in [-0.3, -0.25) is 10.6 Å². The van der Waals surface area contributed by atoms with Crippen molar-refractivity contribution < 1.29 is 5.21 Å². The molecule has 6 nitrogen and oxygen atoms in total. The average Bonchev–Trinajstić information content (AvgIpc) is 2.83. The predicted octanol–water partition coefficient (Wildman–Crippen LogP) is 1.79. The van der Waals surface area contributed by atoms with Gasteiger partial charge in [0.2, 0.25) is 5.96 Å². The number of nitrogen functional groups attached to an aromatic ring is 1. The fraction of sp³-hybridized carbons (Fsp3) is 0. The number of hydroxylamine groups is 1. The Balaban J connectivity index is 2.27. The smallest absolute Gasteiger partial charge is 0.248 e. The van der Waals surface area contributed by atoms with Crippen molar-refractivity contribution in [3.63, 3.8) is 0 Å². The minimum Gasteiger partial charge on any atom is -0.396 e. The number of aromatic nitrogens is 2. The molecule has 4 N–H and O–H groups in total. The molecule has 0 aliphatic carbocycles. The highest BCUT2D eigenvalue weighted by Crippen LogP contribution is 2.16. The van der Waals surface area contributed by atoms with Gasteiger partial charge in [0.25, 0.3) is 0 Å². The lowest BCUT2D eigenvalue weighted by atomic mass is 10.2. The standard InChI is InChI=1S/C12H13N5O/c1-2-9-4-3-5-11(6-9)17(18)12(14)16-8-10(13)7-15-16/h2-8,14,18H,1,13H2. The molecule has 2 rings (SSSR count). The molecular formula is C12H13N5O. The third-order valence-corrected chi connectivity index (χ3v) is 2.37. The van der Waals surface area contributed by atoms with E-state index >= 15 is 0 Å². The molecule has 0 spiro atoms. The number of anilines is 2. The minimum atomic E-state index is -0.215. The van der Waals surface area contributed by atoms with E-state index in [1.54, 1.807) is 24.3 Å². The van der Waals surface area contributed by atoms with E-state index in [4.69, 9.17) is 11.1 Å². The lowest BCUT2D eigenvalue weighted by Crippen LogP contribution is -2.32. The first kappa shape index (κ1) is 11.9. The summed E-state index contributed by atoms with van der Waals surface area (Å²) in [7, 11) is 0. The van der Waals surface area contributed by atoms with Crippen molar-refractivity contribution >= 4 is 23.4 Å². The van der Waals surface area contributed by atoms with E-state index in [9.17, 15) is 5.21 Å². The van der Waals surface area contributed by atoms with Crippen LogP contribution in [0.5, 0.6) is 0 Å². The molecule has 0 bridgehead atoms. The SMILES string of the molecule is C=Cc1cccc(N(O)C(=N)n2cc(N)cn2)c1. The molecule has 0 fully saturated rings. The Morgan fingerprint density at radius 2 is 2.33 bits per heavy atom. The van der Waals surface area contributed by atoms with Gasteiger partial charge >= 0.3 is 0 Å². The topological polar surface area (TPSA) is 91.2 Å². The van der Waals surface area contributed by atoms with Crippen molar-refractivity contribution in [2.45, 2.75) is 0 Å². The Bertz CT molecular complexity index is 590. The van der Waals surface area contributed by atoms with Gasteiger partial charge in [-0.2, -0.15) is 10.2 Å². The monoisotopic (exact) mass is 243 g/mol. The zero-order chi connectivity index (χ0) is 13.1. The molecule has 0 amide bonds. The first-order chi connectivity index (χ1) is 8.61. The molecule has 18 heavy (non-hydrogen) atoms. The summed E-state index contributed by atoms with van der Waals surface area (Å²) in [5.41, 5.74) is 7.23. The van der Waals surface area contributed by atoms with Gasteiger partial charge in [-0.1, -0.05) is 24.8 Å². The number of nitrogens with zero attached hydrogens (tertiary/aromatic N) is 3. The lowest BCUT2D eigenvalue weighted by molar-refractivity contribution is 0.306. The first-order valence-corrected chi connectivity index (χ1v) is 5.22. The second-order valence-corrected chi connectivity index (χ2v) is 3.65. The summed E-state index contributed by atoms with van der Waals surface area (Å²) >= 11 is 0. The largest absolute Gasteiger partial charge is 0.396 e. The van der Waals surface area contributed by atoms with Crippen LogP contribution >= 0.6 is 0 Å². The van der Waals surface area contributed by atoms with Crippen molar-refractivity contribution in [1.29, 1.82) is 5.41 Å². The van der Waals surface area contributed by atoms with Gasteiger partial charge < -0.3 is 5.73 Å². The van der Waals surface area contributed by atoms with Crippen molar-refractivity contribution in [2.75, 3.05) is 10.8 Å². The Morgan fingerprint density at radius 3 is 2.94 bits per heavy atom. The minimum absolute atomic E-state index is 0.215. The highest BCUT2D eigenvalue weighted by molar-refractivity contribution is 5.93. The van der Waals surface area contributed by atoms with E-state index in [-0.39, 0.29) is 5.96 Å².